The van der Waals surface area contributed by atoms with E-state index < -0.39 is 0 Å². The highest BCUT2D eigenvalue weighted by molar-refractivity contribution is 5.45. The molecule has 1 nitrogen and oxygen atoms in total. The molecule has 2 aliphatic rings. The van der Waals surface area contributed by atoms with Gasteiger partial charge in [0.05, 0.1) is 0 Å². The highest BCUT2D eigenvalue weighted by Crippen LogP contribution is 2.41. The van der Waals surface area contributed by atoms with Crippen LogP contribution >= 0.6 is 0 Å². The summed E-state index contributed by atoms with van der Waals surface area (Å²) >= 11 is 0. The van der Waals surface area contributed by atoms with Crippen molar-refractivity contribution in [2.45, 2.75) is 25.2 Å². The van der Waals surface area contributed by atoms with Crippen LogP contribution in [0.15, 0.2) is 24.3 Å². The molecule has 1 aliphatic heterocycles. The van der Waals surface area contributed by atoms with Crippen LogP contribution in [0.25, 0.3) is 0 Å². The quantitative estimate of drug-likeness (QED) is 0.704. The fourth-order valence-corrected chi connectivity index (χ4v) is 2.32. The highest BCUT2D eigenvalue weighted by atomic mass is 14.9. The van der Waals surface area contributed by atoms with Crippen LogP contribution < -0.4 is 5.32 Å². The number of hydrogen-bond acceptors (Lipinski definition) is 1. The molecule has 1 saturated heterocycles. The molecule has 82 valence electrons. The molecule has 1 atom stereocenters. The standard InChI is InChI=1S/C15H17N/c1-2-4-15(14-7-8-14)13(3-1)6-5-12-9-10-16-11-12/h1-4,12,14,16H,7-11H2. The predicted octanol–water partition coefficient (Wildman–Crippen LogP) is 2.53. The minimum atomic E-state index is 0.562. The van der Waals surface area contributed by atoms with Crippen molar-refractivity contribution in [2.75, 3.05) is 13.1 Å². The first-order valence-corrected chi connectivity index (χ1v) is 6.24. The average molecular weight is 211 g/mol. The van der Waals surface area contributed by atoms with Crippen molar-refractivity contribution < 1.29 is 0 Å². The summed E-state index contributed by atoms with van der Waals surface area (Å²) in [6.45, 7) is 2.20. The second-order valence-electron chi connectivity index (χ2n) is 4.82. The minimum Gasteiger partial charge on any atom is -0.315 e. The number of hydrogen-bond donors (Lipinski definition) is 1. The van der Waals surface area contributed by atoms with E-state index in [-0.39, 0.29) is 0 Å². The van der Waals surface area contributed by atoms with E-state index in [1.165, 1.54) is 30.4 Å². The van der Waals surface area contributed by atoms with Gasteiger partial charge in [0, 0.05) is 18.0 Å². The lowest BCUT2D eigenvalue weighted by Gasteiger charge is -2.01. The van der Waals surface area contributed by atoms with E-state index in [4.69, 9.17) is 0 Å². The molecule has 1 saturated carbocycles. The van der Waals surface area contributed by atoms with Gasteiger partial charge < -0.3 is 5.32 Å². The normalized spacial score (nSPS) is 23.9. The Kier molecular flexibility index (Phi) is 2.68. The van der Waals surface area contributed by atoms with Crippen LogP contribution in [0.5, 0.6) is 0 Å². The second-order valence-corrected chi connectivity index (χ2v) is 4.82. The Morgan fingerprint density at radius 2 is 2.00 bits per heavy atom. The van der Waals surface area contributed by atoms with Gasteiger partial charge in [0.1, 0.15) is 0 Å². The van der Waals surface area contributed by atoms with Gasteiger partial charge in [-0.3, -0.25) is 0 Å². The zero-order valence-electron chi connectivity index (χ0n) is 9.50. The fraction of sp³-hybridized carbons (Fsp3) is 0.467. The van der Waals surface area contributed by atoms with Crippen LogP contribution in [0, 0.1) is 17.8 Å². The van der Waals surface area contributed by atoms with E-state index in [1.54, 1.807) is 0 Å². The van der Waals surface area contributed by atoms with E-state index in [9.17, 15) is 0 Å². The van der Waals surface area contributed by atoms with Crippen LogP contribution in [0.3, 0.4) is 0 Å². The largest absolute Gasteiger partial charge is 0.315 e. The maximum Gasteiger partial charge on any atom is 0.0343 e. The van der Waals surface area contributed by atoms with Gasteiger partial charge >= 0.3 is 0 Å². The van der Waals surface area contributed by atoms with E-state index in [1.807, 2.05) is 0 Å². The molecule has 0 amide bonds. The fourth-order valence-electron chi connectivity index (χ4n) is 2.32. The molecule has 1 unspecified atom stereocenters. The number of nitrogens with one attached hydrogen (secondary N) is 1. The predicted molar refractivity (Wildman–Crippen MR) is 66.3 cm³/mol. The molecule has 1 aromatic carbocycles. The Morgan fingerprint density at radius 1 is 1.12 bits per heavy atom. The summed E-state index contributed by atoms with van der Waals surface area (Å²) in [5, 5.41) is 3.36. The molecule has 1 N–H and O–H groups in total. The molecular weight excluding hydrogens is 194 g/mol. The van der Waals surface area contributed by atoms with Crippen molar-refractivity contribution in [3.63, 3.8) is 0 Å². The molecule has 0 spiro atoms. The molecule has 3 rings (SSSR count). The summed E-state index contributed by atoms with van der Waals surface area (Å²) < 4.78 is 0. The van der Waals surface area contributed by atoms with E-state index in [2.05, 4.69) is 41.4 Å². The molecule has 1 aromatic rings. The molecule has 1 aliphatic carbocycles. The molecule has 1 heterocycles. The Morgan fingerprint density at radius 3 is 2.75 bits per heavy atom. The van der Waals surface area contributed by atoms with Crippen molar-refractivity contribution in [2.24, 2.45) is 5.92 Å². The summed E-state index contributed by atoms with van der Waals surface area (Å²) in [6, 6.07) is 8.65. The lowest BCUT2D eigenvalue weighted by molar-refractivity contribution is 0.755. The van der Waals surface area contributed by atoms with Gasteiger partial charge in [0.2, 0.25) is 0 Å². The zero-order chi connectivity index (χ0) is 10.8. The molecule has 1 heteroatoms. The third kappa shape index (κ3) is 2.13. The van der Waals surface area contributed by atoms with Crippen LogP contribution in [0.1, 0.15) is 36.3 Å². The number of rotatable bonds is 1. The maximum absolute atomic E-state index is 3.41. The van der Waals surface area contributed by atoms with Crippen molar-refractivity contribution >= 4 is 0 Å². The molecule has 0 aromatic heterocycles. The average Bonchev–Trinajstić information content (AvgIpc) is 3.04. The summed E-state index contributed by atoms with van der Waals surface area (Å²) in [7, 11) is 0. The molecule has 0 radical (unpaired) electrons. The Balaban J connectivity index is 1.82. The minimum absolute atomic E-state index is 0.562. The van der Waals surface area contributed by atoms with Crippen LogP contribution in [-0.2, 0) is 0 Å². The third-order valence-electron chi connectivity index (χ3n) is 3.45. The molecule has 16 heavy (non-hydrogen) atoms. The van der Waals surface area contributed by atoms with E-state index in [0.29, 0.717) is 5.92 Å². The first-order valence-electron chi connectivity index (χ1n) is 6.24. The smallest absolute Gasteiger partial charge is 0.0343 e. The van der Waals surface area contributed by atoms with Gasteiger partial charge in [0.25, 0.3) is 0 Å². The monoisotopic (exact) mass is 211 g/mol. The summed E-state index contributed by atoms with van der Waals surface area (Å²) in [5.74, 6) is 8.16. The zero-order valence-corrected chi connectivity index (χ0v) is 9.50. The van der Waals surface area contributed by atoms with Crippen LogP contribution in [0.2, 0.25) is 0 Å². The Hall–Kier alpha value is -1.26. The van der Waals surface area contributed by atoms with Crippen LogP contribution in [0.4, 0.5) is 0 Å². The topological polar surface area (TPSA) is 12.0 Å². The van der Waals surface area contributed by atoms with E-state index >= 15 is 0 Å². The summed E-state index contributed by atoms with van der Waals surface area (Å²) in [5.41, 5.74) is 2.73. The number of benzene rings is 1. The van der Waals surface area contributed by atoms with Crippen molar-refractivity contribution in [1.29, 1.82) is 0 Å². The van der Waals surface area contributed by atoms with Gasteiger partial charge in [-0.05, 0) is 43.4 Å². The highest BCUT2D eigenvalue weighted by Gasteiger charge is 2.25. The van der Waals surface area contributed by atoms with Crippen molar-refractivity contribution in [3.05, 3.63) is 35.4 Å². The van der Waals surface area contributed by atoms with Crippen molar-refractivity contribution in [3.8, 4) is 11.8 Å². The second kappa shape index (κ2) is 4.31. The summed E-state index contributed by atoms with van der Waals surface area (Å²) in [4.78, 5) is 0. The Labute approximate surface area is 97.3 Å². The molecule has 0 bridgehead atoms. The first-order chi connectivity index (χ1) is 7.93. The van der Waals surface area contributed by atoms with Crippen molar-refractivity contribution in [1.82, 2.24) is 5.32 Å². The lowest BCUT2D eigenvalue weighted by Crippen LogP contribution is -2.07. The maximum atomic E-state index is 3.41. The van der Waals surface area contributed by atoms with Gasteiger partial charge in [-0.15, -0.1) is 0 Å². The van der Waals surface area contributed by atoms with Crippen LogP contribution in [-0.4, -0.2) is 13.1 Å². The lowest BCUT2D eigenvalue weighted by atomic mass is 10.0. The SMILES string of the molecule is C(#CC1CCNC1)c1ccccc1C1CC1. The van der Waals surface area contributed by atoms with Gasteiger partial charge in [-0.1, -0.05) is 30.0 Å². The van der Waals surface area contributed by atoms with Gasteiger partial charge in [-0.2, -0.15) is 0 Å². The first kappa shape index (κ1) is 9.93. The molecular formula is C15H17N. The molecule has 2 fully saturated rings. The van der Waals surface area contributed by atoms with E-state index in [0.717, 1.165) is 19.0 Å². The summed E-state index contributed by atoms with van der Waals surface area (Å²) in [6.07, 6.45) is 3.91. The third-order valence-corrected chi connectivity index (χ3v) is 3.45. The Bertz CT molecular complexity index is 428. The van der Waals surface area contributed by atoms with Gasteiger partial charge in [0.15, 0.2) is 0 Å². The van der Waals surface area contributed by atoms with Gasteiger partial charge in [-0.25, -0.2) is 0 Å².